The Morgan fingerprint density at radius 3 is 2.38 bits per heavy atom. The van der Waals surface area contributed by atoms with E-state index in [-0.39, 0.29) is 0 Å². The van der Waals surface area contributed by atoms with Crippen LogP contribution < -0.4 is 0 Å². The number of aromatic nitrogens is 1. The van der Waals surface area contributed by atoms with E-state index in [0.717, 1.165) is 11.1 Å². The predicted molar refractivity (Wildman–Crippen MR) is 64.5 cm³/mol. The average molecular weight is 234 g/mol. The smallest absolute Gasteiger partial charge is 0.121 e. The summed E-state index contributed by atoms with van der Waals surface area (Å²) in [6, 6.07) is 10.9. The summed E-state index contributed by atoms with van der Waals surface area (Å²) in [5.74, 6) is 0. The van der Waals surface area contributed by atoms with Gasteiger partial charge in [-0.2, -0.15) is 0 Å². The van der Waals surface area contributed by atoms with Crippen LogP contribution >= 0.6 is 11.6 Å². The molecule has 0 aliphatic carbocycles. The van der Waals surface area contributed by atoms with Crippen LogP contribution in [0.5, 0.6) is 0 Å². The highest BCUT2D eigenvalue weighted by Crippen LogP contribution is 2.21. The summed E-state index contributed by atoms with van der Waals surface area (Å²) in [5.41, 5.74) is 2.51. The van der Waals surface area contributed by atoms with Crippen LogP contribution in [0.25, 0.3) is 0 Å². The van der Waals surface area contributed by atoms with Crippen molar-refractivity contribution in [1.29, 1.82) is 0 Å². The number of nitrogens with zero attached hydrogens (tertiary/aromatic N) is 1. The Bertz CT molecular complexity index is 419. The van der Waals surface area contributed by atoms with Crippen molar-refractivity contribution < 1.29 is 5.11 Å². The predicted octanol–water partition coefficient (Wildman–Crippen LogP) is 3.13. The van der Waals surface area contributed by atoms with E-state index in [1.54, 1.807) is 30.5 Å². The van der Waals surface area contributed by atoms with Crippen LogP contribution in [0, 0.1) is 6.92 Å². The molecule has 1 atom stereocenters. The molecule has 2 aromatic rings. The first-order chi connectivity index (χ1) is 7.66. The highest BCUT2D eigenvalue weighted by Gasteiger charge is 2.10. The fourth-order valence-corrected chi connectivity index (χ4v) is 1.58. The van der Waals surface area contributed by atoms with E-state index in [9.17, 15) is 5.11 Å². The SMILES string of the molecule is Cc1ccc(C(O)c2ccc(Cl)cc2)nc1. The number of rotatable bonds is 2. The van der Waals surface area contributed by atoms with Gasteiger partial charge in [0.05, 0.1) is 5.69 Å². The minimum Gasteiger partial charge on any atom is -0.382 e. The standard InChI is InChI=1S/C13H12ClNO/c1-9-2-7-12(15-8-9)13(16)10-3-5-11(14)6-4-10/h2-8,13,16H,1H3. The first kappa shape index (κ1) is 11.1. The number of halogens is 1. The third-order valence-electron chi connectivity index (χ3n) is 2.40. The fourth-order valence-electron chi connectivity index (χ4n) is 1.46. The molecule has 0 bridgehead atoms. The molecule has 16 heavy (non-hydrogen) atoms. The van der Waals surface area contributed by atoms with Gasteiger partial charge in [0.1, 0.15) is 6.10 Å². The quantitative estimate of drug-likeness (QED) is 0.865. The van der Waals surface area contributed by atoms with Crippen LogP contribution in [0.2, 0.25) is 5.02 Å². The van der Waals surface area contributed by atoms with E-state index >= 15 is 0 Å². The van der Waals surface area contributed by atoms with Crippen molar-refractivity contribution in [2.45, 2.75) is 13.0 Å². The lowest BCUT2D eigenvalue weighted by Gasteiger charge is -2.10. The van der Waals surface area contributed by atoms with E-state index in [0.29, 0.717) is 10.7 Å². The minimum atomic E-state index is -0.696. The van der Waals surface area contributed by atoms with Crippen molar-refractivity contribution in [1.82, 2.24) is 4.98 Å². The average Bonchev–Trinajstić information content (AvgIpc) is 2.30. The molecule has 0 aliphatic rings. The zero-order chi connectivity index (χ0) is 11.5. The molecule has 0 spiro atoms. The Balaban J connectivity index is 2.28. The maximum absolute atomic E-state index is 10.1. The molecular weight excluding hydrogens is 222 g/mol. The molecule has 3 heteroatoms. The Morgan fingerprint density at radius 1 is 1.12 bits per heavy atom. The van der Waals surface area contributed by atoms with Crippen molar-refractivity contribution >= 4 is 11.6 Å². The minimum absolute atomic E-state index is 0.646. The summed E-state index contributed by atoms with van der Waals surface area (Å²) in [6.07, 6.45) is 1.05. The highest BCUT2D eigenvalue weighted by atomic mass is 35.5. The number of hydrogen-bond donors (Lipinski definition) is 1. The van der Waals surface area contributed by atoms with Gasteiger partial charge in [0.2, 0.25) is 0 Å². The number of hydrogen-bond acceptors (Lipinski definition) is 2. The summed E-state index contributed by atoms with van der Waals surface area (Å²) in [6.45, 7) is 1.96. The number of pyridine rings is 1. The second-order valence-corrected chi connectivity index (χ2v) is 4.15. The maximum Gasteiger partial charge on any atom is 0.121 e. The Labute approximate surface area is 99.5 Å². The molecule has 1 N–H and O–H groups in total. The highest BCUT2D eigenvalue weighted by molar-refractivity contribution is 6.30. The summed E-state index contributed by atoms with van der Waals surface area (Å²) in [4.78, 5) is 4.19. The molecule has 1 unspecified atom stereocenters. The van der Waals surface area contributed by atoms with Crippen LogP contribution in [0.4, 0.5) is 0 Å². The third-order valence-corrected chi connectivity index (χ3v) is 2.65. The molecule has 2 nitrogen and oxygen atoms in total. The molecule has 0 amide bonds. The van der Waals surface area contributed by atoms with Crippen molar-refractivity contribution in [2.24, 2.45) is 0 Å². The molecule has 0 fully saturated rings. The Morgan fingerprint density at radius 2 is 1.81 bits per heavy atom. The lowest BCUT2D eigenvalue weighted by atomic mass is 10.1. The fraction of sp³-hybridized carbons (Fsp3) is 0.154. The van der Waals surface area contributed by atoms with Gasteiger partial charge in [-0.3, -0.25) is 4.98 Å². The first-order valence-corrected chi connectivity index (χ1v) is 5.41. The molecule has 0 saturated heterocycles. The van der Waals surface area contributed by atoms with Crippen LogP contribution in [-0.4, -0.2) is 10.1 Å². The van der Waals surface area contributed by atoms with Crippen LogP contribution in [0.3, 0.4) is 0 Å². The molecule has 0 saturated carbocycles. The monoisotopic (exact) mass is 233 g/mol. The van der Waals surface area contributed by atoms with Crippen LogP contribution in [0.15, 0.2) is 42.6 Å². The van der Waals surface area contributed by atoms with E-state index in [4.69, 9.17) is 11.6 Å². The van der Waals surface area contributed by atoms with Gasteiger partial charge < -0.3 is 5.11 Å². The summed E-state index contributed by atoms with van der Waals surface area (Å²) in [5, 5.41) is 10.7. The Hall–Kier alpha value is -1.38. The lowest BCUT2D eigenvalue weighted by Crippen LogP contribution is -2.01. The van der Waals surface area contributed by atoms with Gasteiger partial charge >= 0.3 is 0 Å². The van der Waals surface area contributed by atoms with Gasteiger partial charge in [-0.1, -0.05) is 29.8 Å². The van der Waals surface area contributed by atoms with Crippen molar-refractivity contribution in [3.8, 4) is 0 Å². The van der Waals surface area contributed by atoms with Crippen LogP contribution in [-0.2, 0) is 0 Å². The van der Waals surface area contributed by atoms with Gasteiger partial charge in [0.15, 0.2) is 0 Å². The van der Waals surface area contributed by atoms with Gasteiger partial charge in [-0.05, 0) is 36.2 Å². The number of benzene rings is 1. The molecule has 2 rings (SSSR count). The number of aliphatic hydroxyl groups excluding tert-OH is 1. The Kier molecular flexibility index (Phi) is 3.22. The largest absolute Gasteiger partial charge is 0.382 e. The normalized spacial score (nSPS) is 12.4. The molecule has 1 aromatic heterocycles. The number of aryl methyl sites for hydroxylation is 1. The van der Waals surface area contributed by atoms with E-state index < -0.39 is 6.10 Å². The van der Waals surface area contributed by atoms with Gasteiger partial charge in [0.25, 0.3) is 0 Å². The first-order valence-electron chi connectivity index (χ1n) is 5.03. The molecule has 1 heterocycles. The van der Waals surface area contributed by atoms with E-state index in [2.05, 4.69) is 4.98 Å². The lowest BCUT2D eigenvalue weighted by molar-refractivity contribution is 0.215. The topological polar surface area (TPSA) is 33.1 Å². The van der Waals surface area contributed by atoms with E-state index in [1.807, 2.05) is 19.1 Å². The van der Waals surface area contributed by atoms with Crippen molar-refractivity contribution in [3.63, 3.8) is 0 Å². The van der Waals surface area contributed by atoms with Gasteiger partial charge in [0, 0.05) is 11.2 Å². The van der Waals surface area contributed by atoms with Crippen LogP contribution in [0.1, 0.15) is 22.9 Å². The summed E-state index contributed by atoms with van der Waals surface area (Å²) >= 11 is 5.79. The summed E-state index contributed by atoms with van der Waals surface area (Å²) < 4.78 is 0. The maximum atomic E-state index is 10.1. The third kappa shape index (κ3) is 2.40. The zero-order valence-electron chi connectivity index (χ0n) is 8.89. The molecule has 0 radical (unpaired) electrons. The molecule has 1 aromatic carbocycles. The van der Waals surface area contributed by atoms with Crippen molar-refractivity contribution in [2.75, 3.05) is 0 Å². The van der Waals surface area contributed by atoms with Gasteiger partial charge in [-0.25, -0.2) is 0 Å². The number of aliphatic hydroxyl groups is 1. The second kappa shape index (κ2) is 4.64. The summed E-state index contributed by atoms with van der Waals surface area (Å²) in [7, 11) is 0. The molecule has 0 aliphatic heterocycles. The second-order valence-electron chi connectivity index (χ2n) is 3.71. The van der Waals surface area contributed by atoms with Gasteiger partial charge in [-0.15, -0.1) is 0 Å². The van der Waals surface area contributed by atoms with Crippen molar-refractivity contribution in [3.05, 3.63) is 64.4 Å². The van der Waals surface area contributed by atoms with E-state index in [1.165, 1.54) is 0 Å². The zero-order valence-corrected chi connectivity index (χ0v) is 9.65. The molecular formula is C13H12ClNO. The molecule has 82 valence electrons.